The number of aliphatic carboxylic acids is 1. The number of carbonyl (C=O) groups excluding carboxylic acids is 1. The fraction of sp³-hybridized carbons (Fsp3) is 0.412. The third-order valence-corrected chi connectivity index (χ3v) is 3.81. The van der Waals surface area contributed by atoms with Crippen molar-refractivity contribution in [2.75, 3.05) is 0 Å². The molecule has 25 heavy (non-hydrogen) atoms. The molecule has 1 amide bonds. The van der Waals surface area contributed by atoms with Crippen LogP contribution in [0.2, 0.25) is 0 Å². The smallest absolute Gasteiger partial charge is 0.328 e. The lowest BCUT2D eigenvalue weighted by Gasteiger charge is -2.17. The minimum Gasteiger partial charge on any atom is -0.480 e. The number of nitrogens with zero attached hydrogens (tertiary/aromatic N) is 1. The van der Waals surface area contributed by atoms with Crippen LogP contribution in [0.5, 0.6) is 0 Å². The van der Waals surface area contributed by atoms with Crippen molar-refractivity contribution in [3.63, 3.8) is 0 Å². The fourth-order valence-corrected chi connectivity index (χ4v) is 2.64. The van der Waals surface area contributed by atoms with Gasteiger partial charge in [0.1, 0.15) is 6.04 Å². The second-order valence-corrected chi connectivity index (χ2v) is 6.27. The van der Waals surface area contributed by atoms with Gasteiger partial charge >= 0.3 is 11.7 Å². The number of H-pyrrole nitrogens is 1. The van der Waals surface area contributed by atoms with Gasteiger partial charge in [-0.3, -0.25) is 19.1 Å². The van der Waals surface area contributed by atoms with Crippen LogP contribution >= 0.6 is 0 Å². The number of benzene rings is 1. The molecule has 0 bridgehead atoms. The van der Waals surface area contributed by atoms with E-state index in [2.05, 4.69) is 10.3 Å². The Hall–Kier alpha value is -2.90. The molecular weight excluding hydrogens is 326 g/mol. The van der Waals surface area contributed by atoms with E-state index in [0.717, 1.165) is 0 Å². The highest BCUT2D eigenvalue weighted by molar-refractivity contribution is 5.83. The first-order valence-corrected chi connectivity index (χ1v) is 8.03. The van der Waals surface area contributed by atoms with E-state index in [4.69, 9.17) is 5.11 Å². The van der Waals surface area contributed by atoms with E-state index in [1.54, 1.807) is 24.3 Å². The van der Waals surface area contributed by atoms with E-state index >= 15 is 0 Å². The van der Waals surface area contributed by atoms with Crippen LogP contribution in [0.25, 0.3) is 10.9 Å². The molecule has 0 aliphatic rings. The molecule has 0 aliphatic heterocycles. The third-order valence-electron chi connectivity index (χ3n) is 3.81. The van der Waals surface area contributed by atoms with E-state index in [1.807, 2.05) is 13.8 Å². The van der Waals surface area contributed by atoms with Gasteiger partial charge in [0.05, 0.1) is 10.9 Å². The number of carboxylic acid groups (broad SMARTS) is 1. The van der Waals surface area contributed by atoms with Gasteiger partial charge in [0.15, 0.2) is 0 Å². The molecule has 2 aromatic rings. The average Bonchev–Trinajstić information content (AvgIpc) is 2.53. The van der Waals surface area contributed by atoms with Crippen LogP contribution < -0.4 is 16.6 Å². The summed E-state index contributed by atoms with van der Waals surface area (Å²) in [6.07, 6.45) is 0.250. The summed E-state index contributed by atoms with van der Waals surface area (Å²) in [6.45, 7) is 3.78. The Balaban J connectivity index is 2.15. The van der Waals surface area contributed by atoms with E-state index in [0.29, 0.717) is 17.3 Å². The van der Waals surface area contributed by atoms with Gasteiger partial charge in [0.25, 0.3) is 5.56 Å². The summed E-state index contributed by atoms with van der Waals surface area (Å²) in [4.78, 5) is 49.3. The van der Waals surface area contributed by atoms with Crippen molar-refractivity contribution >= 4 is 22.8 Å². The van der Waals surface area contributed by atoms with Crippen LogP contribution in [-0.4, -0.2) is 32.6 Å². The van der Waals surface area contributed by atoms with Crippen molar-refractivity contribution in [2.24, 2.45) is 5.92 Å². The Bertz CT molecular complexity index is 897. The molecule has 134 valence electrons. The zero-order valence-corrected chi connectivity index (χ0v) is 14.1. The van der Waals surface area contributed by atoms with Crippen molar-refractivity contribution < 1.29 is 14.7 Å². The minimum atomic E-state index is -1.09. The summed E-state index contributed by atoms with van der Waals surface area (Å²) in [5.74, 6) is -1.43. The van der Waals surface area contributed by atoms with Gasteiger partial charge in [0, 0.05) is 13.0 Å². The number of rotatable bonds is 7. The van der Waals surface area contributed by atoms with Gasteiger partial charge < -0.3 is 10.4 Å². The molecule has 3 N–H and O–H groups in total. The van der Waals surface area contributed by atoms with Crippen LogP contribution in [0.15, 0.2) is 33.9 Å². The number of carboxylic acids is 1. The molecule has 8 nitrogen and oxygen atoms in total. The van der Waals surface area contributed by atoms with Crippen LogP contribution in [0.4, 0.5) is 0 Å². The Morgan fingerprint density at radius 3 is 2.56 bits per heavy atom. The van der Waals surface area contributed by atoms with E-state index in [-0.39, 0.29) is 18.9 Å². The molecule has 1 aromatic heterocycles. The number of hydrogen-bond donors (Lipinski definition) is 3. The lowest BCUT2D eigenvalue weighted by atomic mass is 10.0. The van der Waals surface area contributed by atoms with Gasteiger partial charge in [0.2, 0.25) is 5.91 Å². The number of aryl methyl sites for hydroxylation is 1. The summed E-state index contributed by atoms with van der Waals surface area (Å²) in [7, 11) is 0. The number of carbonyl (C=O) groups is 2. The molecule has 0 saturated carbocycles. The zero-order chi connectivity index (χ0) is 18.6. The normalized spacial score (nSPS) is 12.3. The van der Waals surface area contributed by atoms with Crippen LogP contribution in [0, 0.1) is 5.92 Å². The summed E-state index contributed by atoms with van der Waals surface area (Å²) < 4.78 is 1.30. The SMILES string of the molecule is CC(C)CC(NC(=O)CCn1c(=O)[nH]c(=O)c2ccccc21)C(=O)O. The van der Waals surface area contributed by atoms with Gasteiger partial charge in [-0.1, -0.05) is 26.0 Å². The Labute approximate surface area is 143 Å². The molecule has 2 rings (SSSR count). The minimum absolute atomic E-state index is 0.0377. The first-order chi connectivity index (χ1) is 11.8. The maximum absolute atomic E-state index is 12.1. The quantitative estimate of drug-likeness (QED) is 0.680. The van der Waals surface area contributed by atoms with Crippen LogP contribution in [0.3, 0.4) is 0 Å². The molecule has 0 radical (unpaired) electrons. The molecule has 0 saturated heterocycles. The number of hydrogen-bond acceptors (Lipinski definition) is 4. The first kappa shape index (κ1) is 18.4. The van der Waals surface area contributed by atoms with Gasteiger partial charge in [-0.15, -0.1) is 0 Å². The molecule has 0 aliphatic carbocycles. The molecule has 1 heterocycles. The van der Waals surface area contributed by atoms with Gasteiger partial charge in [-0.25, -0.2) is 9.59 Å². The molecule has 1 aromatic carbocycles. The first-order valence-electron chi connectivity index (χ1n) is 8.03. The average molecular weight is 347 g/mol. The Morgan fingerprint density at radius 1 is 1.24 bits per heavy atom. The number of para-hydroxylation sites is 1. The van der Waals surface area contributed by atoms with Gasteiger partial charge in [-0.2, -0.15) is 0 Å². The highest BCUT2D eigenvalue weighted by Crippen LogP contribution is 2.08. The lowest BCUT2D eigenvalue weighted by molar-refractivity contribution is -0.142. The summed E-state index contributed by atoms with van der Waals surface area (Å²) in [5.41, 5.74) is -0.654. The molecule has 1 unspecified atom stereocenters. The second-order valence-electron chi connectivity index (χ2n) is 6.27. The molecular formula is C17H21N3O5. The molecule has 1 atom stereocenters. The molecule has 0 spiro atoms. The third kappa shape index (κ3) is 4.56. The monoisotopic (exact) mass is 347 g/mol. The summed E-state index contributed by atoms with van der Waals surface area (Å²) in [5, 5.41) is 12.0. The number of aromatic nitrogens is 2. The fourth-order valence-electron chi connectivity index (χ4n) is 2.64. The van der Waals surface area contributed by atoms with E-state index in [1.165, 1.54) is 4.57 Å². The standard InChI is InChI=1S/C17H21N3O5/c1-10(2)9-12(16(23)24)18-14(21)7-8-20-13-6-4-3-5-11(13)15(22)19-17(20)25/h3-6,10,12H,7-9H2,1-2H3,(H,18,21)(H,23,24)(H,19,22,25). The number of nitrogens with one attached hydrogen (secondary N) is 2. The Kier molecular flexibility index (Phi) is 5.74. The molecule has 8 heteroatoms. The van der Waals surface area contributed by atoms with E-state index in [9.17, 15) is 19.2 Å². The maximum atomic E-state index is 12.1. The van der Waals surface area contributed by atoms with Crippen LogP contribution in [0.1, 0.15) is 26.7 Å². The summed E-state index contributed by atoms with van der Waals surface area (Å²) in [6, 6.07) is 5.64. The van der Waals surface area contributed by atoms with E-state index < -0.39 is 29.2 Å². The predicted octanol–water partition coefficient (Wildman–Crippen LogP) is 0.695. The van der Waals surface area contributed by atoms with Crippen LogP contribution in [-0.2, 0) is 16.1 Å². The highest BCUT2D eigenvalue weighted by Gasteiger charge is 2.21. The van der Waals surface area contributed by atoms with Crippen molar-refractivity contribution in [1.29, 1.82) is 0 Å². The second kappa shape index (κ2) is 7.78. The number of aromatic amines is 1. The van der Waals surface area contributed by atoms with Crippen molar-refractivity contribution in [3.8, 4) is 0 Å². The predicted molar refractivity (Wildman–Crippen MR) is 92.5 cm³/mol. The zero-order valence-electron chi connectivity index (χ0n) is 14.1. The van der Waals surface area contributed by atoms with Crippen molar-refractivity contribution in [3.05, 3.63) is 45.1 Å². The molecule has 0 fully saturated rings. The topological polar surface area (TPSA) is 121 Å². The van der Waals surface area contributed by atoms with Crippen molar-refractivity contribution in [1.82, 2.24) is 14.9 Å². The number of fused-ring (bicyclic) bond motifs is 1. The Morgan fingerprint density at radius 2 is 1.92 bits per heavy atom. The van der Waals surface area contributed by atoms with Gasteiger partial charge in [-0.05, 0) is 24.5 Å². The summed E-state index contributed by atoms with van der Waals surface area (Å²) >= 11 is 0. The maximum Gasteiger partial charge on any atom is 0.328 e. The van der Waals surface area contributed by atoms with Crippen molar-refractivity contribution in [2.45, 2.75) is 39.3 Å². The largest absolute Gasteiger partial charge is 0.480 e. The number of amides is 1. The lowest BCUT2D eigenvalue weighted by Crippen LogP contribution is -2.42. The highest BCUT2D eigenvalue weighted by atomic mass is 16.4.